The van der Waals surface area contributed by atoms with Gasteiger partial charge in [-0.3, -0.25) is 9.78 Å². The van der Waals surface area contributed by atoms with E-state index in [0.29, 0.717) is 5.02 Å². The number of amides is 1. The minimum Gasteiger partial charge on any atom is -0.349 e. The summed E-state index contributed by atoms with van der Waals surface area (Å²) in [5.41, 5.74) is 2.00. The monoisotopic (exact) mass is 415 g/mol. The number of pyridine rings is 1. The lowest BCUT2D eigenvalue weighted by Gasteiger charge is -2.17. The zero-order valence-corrected chi connectivity index (χ0v) is 17.4. The molecule has 0 aliphatic rings. The Morgan fingerprint density at radius 2 is 1.86 bits per heavy atom. The molecule has 0 saturated heterocycles. The molecule has 0 spiro atoms. The molecule has 2 heterocycles. The van der Waals surface area contributed by atoms with Crippen LogP contribution in [0.25, 0.3) is 11.4 Å². The Labute approximate surface area is 173 Å². The molecule has 8 heteroatoms. The SMILES string of the molecule is CCC(NC(=O)CSc1nnc(-c2ccncc2)n1CC)c1ccc(Cl)cc1. The predicted octanol–water partition coefficient (Wildman–Crippen LogP) is 4.37. The molecule has 0 radical (unpaired) electrons. The van der Waals surface area contributed by atoms with Crippen LogP contribution in [0.15, 0.2) is 53.9 Å². The highest BCUT2D eigenvalue weighted by atomic mass is 35.5. The maximum Gasteiger partial charge on any atom is 0.230 e. The highest BCUT2D eigenvalue weighted by Crippen LogP contribution is 2.24. The van der Waals surface area contributed by atoms with Crippen LogP contribution in [0.1, 0.15) is 31.9 Å². The fourth-order valence-corrected chi connectivity index (χ4v) is 3.82. The zero-order valence-electron chi connectivity index (χ0n) is 15.8. The summed E-state index contributed by atoms with van der Waals surface area (Å²) in [4.78, 5) is 16.5. The van der Waals surface area contributed by atoms with Crippen molar-refractivity contribution in [2.45, 2.75) is 38.0 Å². The highest BCUT2D eigenvalue weighted by Gasteiger charge is 2.16. The van der Waals surface area contributed by atoms with Crippen LogP contribution in [-0.4, -0.2) is 31.4 Å². The molecule has 0 aliphatic heterocycles. The van der Waals surface area contributed by atoms with Crippen molar-refractivity contribution in [3.05, 3.63) is 59.4 Å². The topological polar surface area (TPSA) is 72.7 Å². The maximum absolute atomic E-state index is 12.5. The van der Waals surface area contributed by atoms with E-state index in [2.05, 4.69) is 20.5 Å². The van der Waals surface area contributed by atoms with Gasteiger partial charge in [-0.25, -0.2) is 0 Å². The lowest BCUT2D eigenvalue weighted by Crippen LogP contribution is -2.29. The minimum absolute atomic E-state index is 0.0390. The third-order valence-electron chi connectivity index (χ3n) is 4.32. The van der Waals surface area contributed by atoms with Crippen molar-refractivity contribution in [2.75, 3.05) is 5.75 Å². The first kappa shape index (κ1) is 20.4. The van der Waals surface area contributed by atoms with Crippen LogP contribution in [0.2, 0.25) is 5.02 Å². The second-order valence-electron chi connectivity index (χ2n) is 6.15. The first-order valence-electron chi connectivity index (χ1n) is 9.13. The van der Waals surface area contributed by atoms with Gasteiger partial charge in [-0.05, 0) is 43.2 Å². The van der Waals surface area contributed by atoms with E-state index in [9.17, 15) is 4.79 Å². The van der Waals surface area contributed by atoms with E-state index in [1.54, 1.807) is 12.4 Å². The van der Waals surface area contributed by atoms with Crippen molar-refractivity contribution in [3.63, 3.8) is 0 Å². The smallest absolute Gasteiger partial charge is 0.230 e. The Morgan fingerprint density at radius 1 is 1.14 bits per heavy atom. The quantitative estimate of drug-likeness (QED) is 0.553. The predicted molar refractivity (Wildman–Crippen MR) is 112 cm³/mol. The van der Waals surface area contributed by atoms with E-state index in [1.807, 2.05) is 54.8 Å². The van der Waals surface area contributed by atoms with Crippen molar-refractivity contribution in [3.8, 4) is 11.4 Å². The summed E-state index contributed by atoms with van der Waals surface area (Å²) >= 11 is 7.33. The summed E-state index contributed by atoms with van der Waals surface area (Å²) in [7, 11) is 0. The number of aromatic nitrogens is 4. The number of carbonyl (C=O) groups excluding carboxylic acids is 1. The van der Waals surface area contributed by atoms with Crippen molar-refractivity contribution in [2.24, 2.45) is 0 Å². The van der Waals surface area contributed by atoms with Crippen LogP contribution in [0.4, 0.5) is 0 Å². The average Bonchev–Trinajstić information content (AvgIpc) is 3.15. The third kappa shape index (κ3) is 4.91. The molecule has 3 rings (SSSR count). The van der Waals surface area contributed by atoms with Crippen molar-refractivity contribution in [1.29, 1.82) is 0 Å². The Balaban J connectivity index is 1.64. The molecule has 0 saturated carbocycles. The van der Waals surface area contributed by atoms with Gasteiger partial charge in [0.2, 0.25) is 5.91 Å². The van der Waals surface area contributed by atoms with E-state index in [0.717, 1.165) is 35.1 Å². The van der Waals surface area contributed by atoms with Gasteiger partial charge in [-0.1, -0.05) is 42.4 Å². The number of hydrogen-bond donors (Lipinski definition) is 1. The van der Waals surface area contributed by atoms with Gasteiger partial charge < -0.3 is 9.88 Å². The molecule has 1 aromatic carbocycles. The summed E-state index contributed by atoms with van der Waals surface area (Å²) in [6.07, 6.45) is 4.26. The van der Waals surface area contributed by atoms with E-state index < -0.39 is 0 Å². The van der Waals surface area contributed by atoms with Crippen LogP contribution in [0.3, 0.4) is 0 Å². The van der Waals surface area contributed by atoms with Gasteiger partial charge in [0, 0.05) is 29.5 Å². The Morgan fingerprint density at radius 3 is 2.50 bits per heavy atom. The fraction of sp³-hybridized carbons (Fsp3) is 0.300. The summed E-state index contributed by atoms with van der Waals surface area (Å²) < 4.78 is 2.00. The molecule has 6 nitrogen and oxygen atoms in total. The molecule has 0 fully saturated rings. The van der Waals surface area contributed by atoms with Crippen LogP contribution in [0.5, 0.6) is 0 Å². The summed E-state index contributed by atoms with van der Waals surface area (Å²) in [5, 5.41) is 13.0. The zero-order chi connectivity index (χ0) is 19.9. The van der Waals surface area contributed by atoms with Crippen LogP contribution in [0, 0.1) is 0 Å². The fourth-order valence-electron chi connectivity index (χ4n) is 2.88. The molecule has 1 N–H and O–H groups in total. The van der Waals surface area contributed by atoms with Gasteiger partial charge in [-0.2, -0.15) is 0 Å². The molecule has 28 heavy (non-hydrogen) atoms. The molecular weight excluding hydrogens is 394 g/mol. The van der Waals surface area contributed by atoms with Crippen molar-refractivity contribution >= 4 is 29.3 Å². The van der Waals surface area contributed by atoms with Crippen LogP contribution >= 0.6 is 23.4 Å². The largest absolute Gasteiger partial charge is 0.349 e. The third-order valence-corrected chi connectivity index (χ3v) is 5.54. The number of carbonyl (C=O) groups is 1. The Hall–Kier alpha value is -2.38. The van der Waals surface area contributed by atoms with Crippen LogP contribution < -0.4 is 5.32 Å². The Bertz CT molecular complexity index is 914. The number of rotatable bonds is 8. The van der Waals surface area contributed by atoms with Gasteiger partial charge in [0.05, 0.1) is 11.8 Å². The number of benzene rings is 1. The molecule has 0 aliphatic carbocycles. The van der Waals surface area contributed by atoms with Crippen molar-refractivity contribution in [1.82, 2.24) is 25.1 Å². The van der Waals surface area contributed by atoms with Crippen molar-refractivity contribution < 1.29 is 4.79 Å². The van der Waals surface area contributed by atoms with E-state index >= 15 is 0 Å². The normalized spacial score (nSPS) is 12.0. The first-order valence-corrected chi connectivity index (χ1v) is 10.5. The second kappa shape index (κ2) is 9.71. The number of nitrogens with one attached hydrogen (secondary N) is 1. The lowest BCUT2D eigenvalue weighted by molar-refractivity contribution is -0.119. The summed E-state index contributed by atoms with van der Waals surface area (Å²) in [5.74, 6) is 1.02. The van der Waals surface area contributed by atoms with Gasteiger partial charge in [0.1, 0.15) is 0 Å². The number of halogens is 1. The van der Waals surface area contributed by atoms with E-state index in [4.69, 9.17) is 11.6 Å². The molecule has 1 amide bonds. The number of hydrogen-bond acceptors (Lipinski definition) is 5. The van der Waals surface area contributed by atoms with Gasteiger partial charge in [-0.15, -0.1) is 10.2 Å². The van der Waals surface area contributed by atoms with E-state index in [1.165, 1.54) is 11.8 Å². The molecule has 1 unspecified atom stereocenters. The Kier molecular flexibility index (Phi) is 7.06. The maximum atomic E-state index is 12.5. The molecule has 0 bridgehead atoms. The number of nitrogens with zero attached hydrogens (tertiary/aromatic N) is 4. The van der Waals surface area contributed by atoms with E-state index in [-0.39, 0.29) is 17.7 Å². The average molecular weight is 416 g/mol. The molecular formula is C20H22ClN5OS. The second-order valence-corrected chi connectivity index (χ2v) is 7.53. The molecule has 146 valence electrons. The minimum atomic E-state index is -0.0400. The van der Waals surface area contributed by atoms with Gasteiger partial charge in [0.15, 0.2) is 11.0 Å². The first-order chi connectivity index (χ1) is 13.6. The molecule has 1 atom stereocenters. The van der Waals surface area contributed by atoms with Gasteiger partial charge >= 0.3 is 0 Å². The lowest BCUT2D eigenvalue weighted by atomic mass is 10.0. The molecule has 2 aromatic heterocycles. The summed E-state index contributed by atoms with van der Waals surface area (Å²) in [6, 6.07) is 11.3. The summed E-state index contributed by atoms with van der Waals surface area (Å²) in [6.45, 7) is 4.80. The van der Waals surface area contributed by atoms with Crippen LogP contribution in [-0.2, 0) is 11.3 Å². The number of thioether (sulfide) groups is 1. The highest BCUT2D eigenvalue weighted by molar-refractivity contribution is 7.99. The standard InChI is InChI=1S/C20H22ClN5OS/c1-3-17(14-5-7-16(21)8-6-14)23-18(27)13-28-20-25-24-19(26(20)4-2)15-9-11-22-12-10-15/h5-12,17H,3-4,13H2,1-2H3,(H,23,27). The van der Waals surface area contributed by atoms with Gasteiger partial charge in [0.25, 0.3) is 0 Å². The molecule has 3 aromatic rings.